The van der Waals surface area contributed by atoms with E-state index in [0.29, 0.717) is 5.69 Å². The summed E-state index contributed by atoms with van der Waals surface area (Å²) in [5, 5.41) is 3.12. The smallest absolute Gasteiger partial charge is 0.244 e. The van der Waals surface area contributed by atoms with Crippen molar-refractivity contribution < 1.29 is 9.18 Å². The van der Waals surface area contributed by atoms with Crippen LogP contribution >= 0.6 is 11.6 Å². The fourth-order valence-corrected chi connectivity index (χ4v) is 2.66. The predicted molar refractivity (Wildman–Crippen MR) is 96.6 cm³/mol. The van der Waals surface area contributed by atoms with Gasteiger partial charge in [0.25, 0.3) is 0 Å². The maximum atomic E-state index is 13.3. The average molecular weight is 356 g/mol. The molecule has 0 spiro atoms. The minimum absolute atomic E-state index is 0.0372. The number of hydrogen-bond acceptors (Lipinski definition) is 3. The number of nitrogens with one attached hydrogen (secondary N) is 1. The maximum Gasteiger partial charge on any atom is 0.244 e. The van der Waals surface area contributed by atoms with Gasteiger partial charge in [-0.1, -0.05) is 48.0 Å². The molecule has 0 saturated heterocycles. The summed E-state index contributed by atoms with van der Waals surface area (Å²) in [7, 11) is 0. The Labute approximate surface area is 149 Å². The molecule has 1 heterocycles. The molecule has 0 radical (unpaired) electrons. The second kappa shape index (κ2) is 7.32. The number of halogens is 2. The first-order valence-corrected chi connectivity index (χ1v) is 7.93. The highest BCUT2D eigenvalue weighted by atomic mass is 35.5. The second-order valence-corrected chi connectivity index (χ2v) is 5.89. The zero-order chi connectivity index (χ0) is 17.8. The number of carbonyl (C=O) groups excluding carboxylic acids is 1. The Kier molecular flexibility index (Phi) is 4.95. The molecule has 0 aliphatic carbocycles. The van der Waals surface area contributed by atoms with Crippen molar-refractivity contribution in [2.75, 3.05) is 5.32 Å². The van der Waals surface area contributed by atoms with Crippen molar-refractivity contribution in [1.82, 2.24) is 4.98 Å². The van der Waals surface area contributed by atoms with Gasteiger partial charge in [-0.2, -0.15) is 0 Å². The van der Waals surface area contributed by atoms with Crippen molar-refractivity contribution in [2.24, 2.45) is 5.73 Å². The molecule has 0 fully saturated rings. The Morgan fingerprint density at radius 1 is 1.08 bits per heavy atom. The largest absolute Gasteiger partial charge is 0.369 e. The number of pyridine rings is 1. The molecule has 6 heteroatoms. The minimum Gasteiger partial charge on any atom is -0.369 e. The Balaban J connectivity index is 1.90. The van der Waals surface area contributed by atoms with Gasteiger partial charge in [-0.05, 0) is 29.3 Å². The molecular weight excluding hydrogens is 341 g/mol. The molecule has 2 aromatic carbocycles. The Hall–Kier alpha value is -2.92. The van der Waals surface area contributed by atoms with Crippen LogP contribution in [0.1, 0.15) is 11.6 Å². The number of nitrogens with zero attached hydrogens (tertiary/aromatic N) is 1. The van der Waals surface area contributed by atoms with Gasteiger partial charge in [-0.25, -0.2) is 4.39 Å². The molecule has 25 heavy (non-hydrogen) atoms. The van der Waals surface area contributed by atoms with E-state index >= 15 is 0 Å². The van der Waals surface area contributed by atoms with Crippen LogP contribution < -0.4 is 11.1 Å². The molecule has 0 aliphatic rings. The number of primary amides is 1. The number of anilines is 1. The zero-order valence-electron chi connectivity index (χ0n) is 13.1. The summed E-state index contributed by atoms with van der Waals surface area (Å²) in [6.07, 6.45) is 3.23. The minimum atomic E-state index is -0.685. The lowest BCUT2D eigenvalue weighted by atomic mass is 10.0. The summed E-state index contributed by atoms with van der Waals surface area (Å²) in [6.45, 7) is 0. The Morgan fingerprint density at radius 3 is 2.52 bits per heavy atom. The van der Waals surface area contributed by atoms with Crippen molar-refractivity contribution >= 4 is 23.2 Å². The van der Waals surface area contributed by atoms with Crippen LogP contribution in [0, 0.1) is 5.82 Å². The maximum absolute atomic E-state index is 13.3. The number of rotatable bonds is 5. The van der Waals surface area contributed by atoms with E-state index in [2.05, 4.69) is 10.3 Å². The van der Waals surface area contributed by atoms with Gasteiger partial charge in [0.2, 0.25) is 5.91 Å². The first kappa shape index (κ1) is 16.9. The van der Waals surface area contributed by atoms with Gasteiger partial charge in [0.05, 0.1) is 16.9 Å². The highest BCUT2D eigenvalue weighted by molar-refractivity contribution is 6.31. The summed E-state index contributed by atoms with van der Waals surface area (Å²) >= 11 is 5.84. The fourth-order valence-electron chi connectivity index (χ4n) is 2.48. The molecule has 1 aromatic heterocycles. The first-order valence-electron chi connectivity index (χ1n) is 7.56. The van der Waals surface area contributed by atoms with Gasteiger partial charge in [-0.3, -0.25) is 9.78 Å². The molecule has 0 saturated carbocycles. The third-order valence-electron chi connectivity index (χ3n) is 3.72. The topological polar surface area (TPSA) is 68.0 Å². The zero-order valence-corrected chi connectivity index (χ0v) is 13.9. The number of carbonyl (C=O) groups is 1. The lowest BCUT2D eigenvalue weighted by Crippen LogP contribution is -2.27. The van der Waals surface area contributed by atoms with E-state index in [4.69, 9.17) is 17.3 Å². The molecule has 0 bridgehead atoms. The molecular formula is C19H15ClFN3O. The summed E-state index contributed by atoms with van der Waals surface area (Å²) in [5.74, 6) is -0.980. The molecule has 4 nitrogen and oxygen atoms in total. The third-order valence-corrected chi connectivity index (χ3v) is 4.01. The lowest BCUT2D eigenvalue weighted by molar-refractivity contribution is -0.118. The van der Waals surface area contributed by atoms with E-state index < -0.39 is 17.8 Å². The predicted octanol–water partition coefficient (Wildman–Crippen LogP) is 4.18. The van der Waals surface area contributed by atoms with Crippen LogP contribution in [0.2, 0.25) is 5.02 Å². The van der Waals surface area contributed by atoms with Gasteiger partial charge in [0.1, 0.15) is 11.9 Å². The van der Waals surface area contributed by atoms with Gasteiger partial charge in [0.15, 0.2) is 0 Å². The highest BCUT2D eigenvalue weighted by Gasteiger charge is 2.17. The SMILES string of the molecule is NC(=O)C(Nc1cncc(-c2ccc(F)c(Cl)c2)c1)c1ccccc1. The van der Waals surface area contributed by atoms with Crippen molar-refractivity contribution in [2.45, 2.75) is 6.04 Å². The quantitative estimate of drug-likeness (QED) is 0.721. The summed E-state index contributed by atoms with van der Waals surface area (Å²) in [6, 6.07) is 14.7. The van der Waals surface area contributed by atoms with E-state index in [9.17, 15) is 9.18 Å². The van der Waals surface area contributed by atoms with Crippen LogP contribution in [0.3, 0.4) is 0 Å². The van der Waals surface area contributed by atoms with Crippen molar-refractivity contribution in [3.05, 3.63) is 83.4 Å². The standard InChI is InChI=1S/C19H15ClFN3O/c20-16-9-13(6-7-17(16)21)14-8-15(11-23-10-14)24-18(19(22)25)12-4-2-1-3-5-12/h1-11,18,24H,(H2,22,25). The second-order valence-electron chi connectivity index (χ2n) is 5.48. The number of amides is 1. The van der Waals surface area contributed by atoms with Crippen LogP contribution in [-0.2, 0) is 4.79 Å². The summed E-state index contributed by atoms with van der Waals surface area (Å²) < 4.78 is 13.3. The highest BCUT2D eigenvalue weighted by Crippen LogP contribution is 2.27. The normalized spacial score (nSPS) is 11.8. The van der Waals surface area contributed by atoms with Crippen LogP contribution in [-0.4, -0.2) is 10.9 Å². The van der Waals surface area contributed by atoms with Gasteiger partial charge < -0.3 is 11.1 Å². The monoisotopic (exact) mass is 355 g/mol. The fraction of sp³-hybridized carbons (Fsp3) is 0.0526. The summed E-state index contributed by atoms with van der Waals surface area (Å²) in [5.41, 5.74) is 8.35. The molecule has 1 amide bonds. The van der Waals surface area contributed by atoms with Gasteiger partial charge in [-0.15, -0.1) is 0 Å². The van der Waals surface area contributed by atoms with Crippen LogP contribution in [0.5, 0.6) is 0 Å². The van der Waals surface area contributed by atoms with E-state index in [1.165, 1.54) is 12.1 Å². The van der Waals surface area contributed by atoms with E-state index in [1.807, 2.05) is 30.3 Å². The Morgan fingerprint density at radius 2 is 1.84 bits per heavy atom. The number of benzene rings is 2. The molecule has 0 aliphatic heterocycles. The van der Waals surface area contributed by atoms with E-state index in [1.54, 1.807) is 24.5 Å². The molecule has 3 aromatic rings. The Bertz CT molecular complexity index is 902. The molecule has 1 unspecified atom stereocenters. The molecule has 3 rings (SSSR count). The van der Waals surface area contributed by atoms with Crippen LogP contribution in [0.15, 0.2) is 67.0 Å². The average Bonchev–Trinajstić information content (AvgIpc) is 2.63. The molecule has 126 valence electrons. The van der Waals surface area contributed by atoms with E-state index in [0.717, 1.165) is 16.7 Å². The number of aromatic nitrogens is 1. The van der Waals surface area contributed by atoms with Crippen LogP contribution in [0.4, 0.5) is 10.1 Å². The number of nitrogens with two attached hydrogens (primary N) is 1. The molecule has 3 N–H and O–H groups in total. The third kappa shape index (κ3) is 3.95. The van der Waals surface area contributed by atoms with Gasteiger partial charge in [0, 0.05) is 11.8 Å². The number of hydrogen-bond donors (Lipinski definition) is 2. The molecule has 1 atom stereocenters. The first-order chi connectivity index (χ1) is 12.0. The van der Waals surface area contributed by atoms with Crippen molar-refractivity contribution in [3.8, 4) is 11.1 Å². The lowest BCUT2D eigenvalue weighted by Gasteiger charge is -2.17. The summed E-state index contributed by atoms with van der Waals surface area (Å²) in [4.78, 5) is 16.0. The van der Waals surface area contributed by atoms with Crippen molar-refractivity contribution in [1.29, 1.82) is 0 Å². The van der Waals surface area contributed by atoms with Gasteiger partial charge >= 0.3 is 0 Å². The van der Waals surface area contributed by atoms with E-state index in [-0.39, 0.29) is 5.02 Å². The van der Waals surface area contributed by atoms with Crippen molar-refractivity contribution in [3.63, 3.8) is 0 Å². The van der Waals surface area contributed by atoms with Crippen LogP contribution in [0.25, 0.3) is 11.1 Å².